The van der Waals surface area contributed by atoms with Crippen molar-refractivity contribution < 1.29 is 14.3 Å². The first-order valence-electron chi connectivity index (χ1n) is 7.88. The van der Waals surface area contributed by atoms with Crippen molar-refractivity contribution in [1.29, 1.82) is 0 Å². The number of benzene rings is 2. The maximum Gasteiger partial charge on any atom is 0.265 e. The number of fused-ring (bicyclic) bond motifs is 2. The maximum absolute atomic E-state index is 12.4. The molecule has 1 aromatic heterocycles. The van der Waals surface area contributed by atoms with Gasteiger partial charge in [0, 0.05) is 5.69 Å². The van der Waals surface area contributed by atoms with Crippen molar-refractivity contribution in [1.82, 2.24) is 9.97 Å². The monoisotopic (exact) mass is 336 g/mol. The lowest BCUT2D eigenvalue weighted by atomic mass is 10.2. The van der Waals surface area contributed by atoms with Crippen molar-refractivity contribution in [2.24, 2.45) is 0 Å². The number of imidazole rings is 1. The van der Waals surface area contributed by atoms with Gasteiger partial charge in [0.05, 0.1) is 16.7 Å². The fourth-order valence-electron chi connectivity index (χ4n) is 2.89. The van der Waals surface area contributed by atoms with Crippen molar-refractivity contribution in [3.63, 3.8) is 0 Å². The number of carbonyl (C=O) groups is 2. The SMILES string of the molecule is Cc1nc2ccc(NC(=O)CN3C(=O)COc4ccccc43)cc2[nH]1. The number of aryl methyl sites for hydroxylation is 1. The minimum atomic E-state index is -0.277. The normalized spacial score (nSPS) is 13.5. The van der Waals surface area contributed by atoms with E-state index in [0.29, 0.717) is 17.1 Å². The van der Waals surface area contributed by atoms with Crippen LogP contribution in [0.2, 0.25) is 0 Å². The van der Waals surface area contributed by atoms with Gasteiger partial charge >= 0.3 is 0 Å². The van der Waals surface area contributed by atoms with Crippen LogP contribution in [-0.4, -0.2) is 34.9 Å². The third kappa shape index (κ3) is 2.91. The van der Waals surface area contributed by atoms with Gasteiger partial charge in [0.15, 0.2) is 6.61 Å². The van der Waals surface area contributed by atoms with E-state index in [1.165, 1.54) is 4.90 Å². The molecule has 0 atom stereocenters. The van der Waals surface area contributed by atoms with Crippen molar-refractivity contribution in [2.45, 2.75) is 6.92 Å². The number of aromatic nitrogens is 2. The Labute approximate surface area is 143 Å². The Morgan fingerprint density at radius 2 is 2.16 bits per heavy atom. The summed E-state index contributed by atoms with van der Waals surface area (Å²) in [4.78, 5) is 33.4. The number of hydrogen-bond acceptors (Lipinski definition) is 4. The second-order valence-corrected chi connectivity index (χ2v) is 5.84. The molecule has 2 aromatic carbocycles. The first-order valence-corrected chi connectivity index (χ1v) is 7.88. The zero-order valence-electron chi connectivity index (χ0n) is 13.6. The molecule has 2 N–H and O–H groups in total. The van der Waals surface area contributed by atoms with Gasteiger partial charge in [-0.25, -0.2) is 4.98 Å². The van der Waals surface area contributed by atoms with E-state index in [9.17, 15) is 9.59 Å². The second-order valence-electron chi connectivity index (χ2n) is 5.84. The van der Waals surface area contributed by atoms with Gasteiger partial charge in [0.1, 0.15) is 18.1 Å². The fourth-order valence-corrected chi connectivity index (χ4v) is 2.89. The van der Waals surface area contributed by atoms with Gasteiger partial charge in [-0.3, -0.25) is 14.5 Å². The Kier molecular flexibility index (Phi) is 3.61. The maximum atomic E-state index is 12.4. The van der Waals surface area contributed by atoms with Gasteiger partial charge in [-0.2, -0.15) is 0 Å². The number of rotatable bonds is 3. The van der Waals surface area contributed by atoms with Crippen LogP contribution in [0.5, 0.6) is 5.75 Å². The highest BCUT2D eigenvalue weighted by molar-refractivity contribution is 6.05. The quantitative estimate of drug-likeness (QED) is 0.768. The Balaban J connectivity index is 1.52. The molecule has 0 saturated heterocycles. The average molecular weight is 336 g/mol. The molecule has 1 aliphatic heterocycles. The summed E-state index contributed by atoms with van der Waals surface area (Å²) in [6.45, 7) is 1.74. The predicted octanol–water partition coefficient (Wildman–Crippen LogP) is 2.24. The molecule has 25 heavy (non-hydrogen) atoms. The molecule has 0 radical (unpaired) electrons. The number of aromatic amines is 1. The summed E-state index contributed by atoms with van der Waals surface area (Å²) < 4.78 is 5.38. The van der Waals surface area contributed by atoms with Crippen LogP contribution in [0.3, 0.4) is 0 Å². The highest BCUT2D eigenvalue weighted by atomic mass is 16.5. The molecule has 0 fully saturated rings. The highest BCUT2D eigenvalue weighted by Crippen LogP contribution is 2.31. The first-order chi connectivity index (χ1) is 12.1. The summed E-state index contributed by atoms with van der Waals surface area (Å²) in [7, 11) is 0. The Morgan fingerprint density at radius 1 is 1.32 bits per heavy atom. The molecular weight excluding hydrogens is 320 g/mol. The Morgan fingerprint density at radius 3 is 3.04 bits per heavy atom. The van der Waals surface area contributed by atoms with Gasteiger partial charge < -0.3 is 15.0 Å². The van der Waals surface area contributed by atoms with E-state index < -0.39 is 0 Å². The molecule has 3 aromatic rings. The Hall–Kier alpha value is -3.35. The van der Waals surface area contributed by atoms with E-state index in [1.54, 1.807) is 24.3 Å². The molecule has 0 bridgehead atoms. The summed E-state index contributed by atoms with van der Waals surface area (Å²) >= 11 is 0. The van der Waals surface area contributed by atoms with Crippen molar-refractivity contribution in [2.75, 3.05) is 23.4 Å². The number of nitrogens with one attached hydrogen (secondary N) is 2. The zero-order chi connectivity index (χ0) is 17.4. The molecule has 0 spiro atoms. The summed E-state index contributed by atoms with van der Waals surface area (Å²) in [5.74, 6) is 0.896. The van der Waals surface area contributed by atoms with Crippen LogP contribution in [0.1, 0.15) is 5.82 Å². The lowest BCUT2D eigenvalue weighted by molar-refractivity contribution is -0.123. The topological polar surface area (TPSA) is 87.3 Å². The fraction of sp³-hybridized carbons (Fsp3) is 0.167. The third-order valence-electron chi connectivity index (χ3n) is 3.99. The van der Waals surface area contributed by atoms with Gasteiger partial charge in [-0.1, -0.05) is 12.1 Å². The van der Waals surface area contributed by atoms with Crippen LogP contribution in [0.25, 0.3) is 11.0 Å². The number of amides is 2. The second kappa shape index (κ2) is 5.94. The van der Waals surface area contributed by atoms with Crippen LogP contribution in [-0.2, 0) is 9.59 Å². The number of ether oxygens (including phenoxy) is 1. The smallest absolute Gasteiger partial charge is 0.265 e. The van der Waals surface area contributed by atoms with E-state index in [-0.39, 0.29) is 25.0 Å². The molecule has 0 unspecified atom stereocenters. The van der Waals surface area contributed by atoms with Crippen LogP contribution < -0.4 is 15.0 Å². The number of anilines is 2. The van der Waals surface area contributed by atoms with Crippen LogP contribution in [0.15, 0.2) is 42.5 Å². The lowest BCUT2D eigenvalue weighted by Gasteiger charge is -2.28. The van der Waals surface area contributed by atoms with E-state index >= 15 is 0 Å². The largest absolute Gasteiger partial charge is 0.482 e. The molecule has 0 saturated carbocycles. The molecular formula is C18H16N4O3. The minimum Gasteiger partial charge on any atom is -0.482 e. The molecule has 7 heteroatoms. The highest BCUT2D eigenvalue weighted by Gasteiger charge is 2.26. The van der Waals surface area contributed by atoms with Gasteiger partial charge in [-0.05, 0) is 37.3 Å². The zero-order valence-corrected chi connectivity index (χ0v) is 13.6. The standard InChI is InChI=1S/C18H16N4O3/c1-11-19-13-7-6-12(8-14(13)20-11)21-17(23)9-22-15-4-2-3-5-16(15)25-10-18(22)24/h2-8H,9-10H2,1H3,(H,19,20)(H,21,23). The van der Waals surface area contributed by atoms with Gasteiger partial charge in [0.25, 0.3) is 5.91 Å². The number of nitrogens with zero attached hydrogens (tertiary/aromatic N) is 2. The summed E-state index contributed by atoms with van der Waals surface area (Å²) in [6, 6.07) is 12.6. The van der Waals surface area contributed by atoms with Crippen molar-refractivity contribution in [3.8, 4) is 5.75 Å². The molecule has 0 aliphatic carbocycles. The number of para-hydroxylation sites is 2. The van der Waals surface area contributed by atoms with Crippen molar-refractivity contribution in [3.05, 3.63) is 48.3 Å². The minimum absolute atomic E-state index is 0.0658. The average Bonchev–Trinajstić information content (AvgIpc) is 2.97. The third-order valence-corrected chi connectivity index (χ3v) is 3.99. The van der Waals surface area contributed by atoms with E-state index in [4.69, 9.17) is 4.74 Å². The van der Waals surface area contributed by atoms with Crippen molar-refractivity contribution >= 4 is 34.2 Å². The van der Waals surface area contributed by atoms with Gasteiger partial charge in [-0.15, -0.1) is 0 Å². The summed E-state index contributed by atoms with van der Waals surface area (Å²) in [5, 5.41) is 2.82. The van der Waals surface area contributed by atoms with Crippen LogP contribution in [0.4, 0.5) is 11.4 Å². The number of H-pyrrole nitrogens is 1. The molecule has 126 valence electrons. The predicted molar refractivity (Wildman–Crippen MR) is 93.8 cm³/mol. The first kappa shape index (κ1) is 15.2. The summed E-state index contributed by atoms with van der Waals surface area (Å²) in [6.07, 6.45) is 0. The molecule has 2 amide bonds. The molecule has 4 rings (SSSR count). The molecule has 2 heterocycles. The van der Waals surface area contributed by atoms with Crippen LogP contribution >= 0.6 is 0 Å². The van der Waals surface area contributed by atoms with E-state index in [1.807, 2.05) is 25.1 Å². The van der Waals surface area contributed by atoms with E-state index in [2.05, 4.69) is 15.3 Å². The van der Waals surface area contributed by atoms with E-state index in [0.717, 1.165) is 16.9 Å². The summed E-state index contributed by atoms with van der Waals surface area (Å²) in [5.41, 5.74) is 2.94. The number of carbonyl (C=O) groups excluding carboxylic acids is 2. The number of hydrogen-bond donors (Lipinski definition) is 2. The lowest BCUT2D eigenvalue weighted by Crippen LogP contribution is -2.43. The Bertz CT molecular complexity index is 979. The van der Waals surface area contributed by atoms with Gasteiger partial charge in [0.2, 0.25) is 5.91 Å². The van der Waals surface area contributed by atoms with Crippen LogP contribution in [0, 0.1) is 6.92 Å². The molecule has 7 nitrogen and oxygen atoms in total. The molecule has 1 aliphatic rings.